The third-order valence-corrected chi connectivity index (χ3v) is 5.39. The number of hydrogen-bond donors (Lipinski definition) is 2. The van der Waals surface area contributed by atoms with E-state index in [9.17, 15) is 5.11 Å². The van der Waals surface area contributed by atoms with Gasteiger partial charge in [0.2, 0.25) is 0 Å². The number of benzene rings is 1. The molecule has 3 rings (SSSR count). The van der Waals surface area contributed by atoms with Crippen molar-refractivity contribution in [1.82, 2.24) is 5.32 Å². The van der Waals surface area contributed by atoms with Gasteiger partial charge in [0, 0.05) is 12.6 Å². The average molecular weight is 356 g/mol. The number of hydrogen-bond acceptors (Lipinski definition) is 4. The summed E-state index contributed by atoms with van der Waals surface area (Å²) in [5.74, 6) is 0. The fourth-order valence-corrected chi connectivity index (χ4v) is 3.95. The summed E-state index contributed by atoms with van der Waals surface area (Å²) in [5, 5.41) is 22.4. The van der Waals surface area contributed by atoms with Crippen molar-refractivity contribution in [3.8, 4) is 0 Å². The third kappa shape index (κ3) is 4.22. The second-order valence-corrected chi connectivity index (χ2v) is 7.25. The molecule has 0 aliphatic rings. The Kier molecular flexibility index (Phi) is 5.99. The van der Waals surface area contributed by atoms with Gasteiger partial charge >= 0.3 is 0 Å². The molecular weight excluding hydrogens is 334 g/mol. The number of rotatable bonds is 7. The molecule has 4 heteroatoms. The largest absolute Gasteiger partial charge is 0.387 e. The summed E-state index contributed by atoms with van der Waals surface area (Å²) in [4.78, 5) is 0. The molecule has 124 valence electrons. The lowest BCUT2D eigenvalue weighted by molar-refractivity contribution is 0.138. The first-order chi connectivity index (χ1) is 11.8. The number of thiophene rings is 2. The van der Waals surface area contributed by atoms with Gasteiger partial charge in [-0.1, -0.05) is 36.4 Å². The van der Waals surface area contributed by atoms with Crippen molar-refractivity contribution in [3.05, 3.63) is 86.8 Å². The maximum Gasteiger partial charge on any atom is 0.0940 e. The molecule has 0 saturated heterocycles. The van der Waals surface area contributed by atoms with E-state index in [0.29, 0.717) is 6.54 Å². The van der Waals surface area contributed by atoms with Gasteiger partial charge < -0.3 is 10.4 Å². The summed E-state index contributed by atoms with van der Waals surface area (Å²) < 4.78 is 0. The van der Waals surface area contributed by atoms with E-state index in [1.807, 2.05) is 37.3 Å². The quantitative estimate of drug-likeness (QED) is 0.628. The van der Waals surface area contributed by atoms with Crippen molar-refractivity contribution >= 4 is 28.2 Å². The van der Waals surface area contributed by atoms with E-state index in [-0.39, 0.29) is 6.04 Å². The van der Waals surface area contributed by atoms with Crippen LogP contribution in [0.5, 0.6) is 0 Å². The summed E-state index contributed by atoms with van der Waals surface area (Å²) in [6.07, 6.45) is 1.70. The molecule has 0 aliphatic heterocycles. The van der Waals surface area contributed by atoms with Gasteiger partial charge in [-0.25, -0.2) is 0 Å². The van der Waals surface area contributed by atoms with Gasteiger partial charge in [0.05, 0.1) is 6.10 Å². The molecule has 0 saturated carbocycles. The van der Waals surface area contributed by atoms with Gasteiger partial charge in [-0.05, 0) is 62.8 Å². The van der Waals surface area contributed by atoms with Gasteiger partial charge in [-0.2, -0.15) is 22.7 Å². The van der Waals surface area contributed by atoms with Crippen molar-refractivity contribution < 1.29 is 5.11 Å². The summed E-state index contributed by atoms with van der Waals surface area (Å²) in [6.45, 7) is 2.73. The summed E-state index contributed by atoms with van der Waals surface area (Å²) in [5.41, 5.74) is 4.68. The number of aliphatic hydroxyl groups is 1. The minimum absolute atomic E-state index is 0.0187. The topological polar surface area (TPSA) is 32.3 Å². The van der Waals surface area contributed by atoms with Crippen molar-refractivity contribution in [3.63, 3.8) is 0 Å². The SMILES string of the molecule is C[C@H](NCC=C(c1ccsc1)c1ccsc1)[C@H](O)c1ccccc1. The van der Waals surface area contributed by atoms with Crippen molar-refractivity contribution in [1.29, 1.82) is 0 Å². The monoisotopic (exact) mass is 355 g/mol. The fraction of sp³-hybridized carbons (Fsp3) is 0.200. The second-order valence-electron chi connectivity index (χ2n) is 5.69. The van der Waals surface area contributed by atoms with Gasteiger partial charge in [0.1, 0.15) is 0 Å². The van der Waals surface area contributed by atoms with Crippen LogP contribution in [0.25, 0.3) is 5.57 Å². The Labute approximate surface area is 151 Å². The van der Waals surface area contributed by atoms with Crippen LogP contribution < -0.4 is 5.32 Å². The molecule has 24 heavy (non-hydrogen) atoms. The van der Waals surface area contributed by atoms with E-state index < -0.39 is 6.10 Å². The molecular formula is C20H21NOS2. The normalized spacial score (nSPS) is 13.4. The lowest BCUT2D eigenvalue weighted by atomic mass is 10.0. The Hall–Kier alpha value is -1.72. The molecule has 0 unspecified atom stereocenters. The van der Waals surface area contributed by atoms with E-state index in [2.05, 4.69) is 45.0 Å². The summed E-state index contributed by atoms with van der Waals surface area (Å²) in [7, 11) is 0. The minimum Gasteiger partial charge on any atom is -0.387 e. The average Bonchev–Trinajstić information content (AvgIpc) is 3.32. The standard InChI is InChI=1S/C20H21NOS2/c1-15(20(22)16-5-3-2-4-6-16)21-10-7-19(17-8-11-23-13-17)18-9-12-24-14-18/h2-9,11-15,20-22H,10H2,1H3/t15-,20-/m0/s1. The Morgan fingerprint density at radius 2 is 1.67 bits per heavy atom. The van der Waals surface area contributed by atoms with Crippen LogP contribution in [0, 0.1) is 0 Å². The zero-order chi connectivity index (χ0) is 16.8. The molecule has 0 spiro atoms. The molecule has 3 aromatic rings. The van der Waals surface area contributed by atoms with Gasteiger partial charge in [-0.3, -0.25) is 0 Å². The van der Waals surface area contributed by atoms with Crippen molar-refractivity contribution in [2.45, 2.75) is 19.1 Å². The Balaban J connectivity index is 1.67. The molecule has 2 aromatic heterocycles. The van der Waals surface area contributed by atoms with Crippen LogP contribution in [0.3, 0.4) is 0 Å². The number of nitrogens with one attached hydrogen (secondary N) is 1. The molecule has 0 amide bonds. The smallest absolute Gasteiger partial charge is 0.0940 e. The van der Waals surface area contributed by atoms with Gasteiger partial charge in [0.15, 0.2) is 0 Å². The highest BCUT2D eigenvalue weighted by Crippen LogP contribution is 2.26. The highest BCUT2D eigenvalue weighted by atomic mass is 32.1. The van der Waals surface area contributed by atoms with Crippen LogP contribution in [0.4, 0.5) is 0 Å². The van der Waals surface area contributed by atoms with E-state index in [0.717, 1.165) is 5.56 Å². The maximum absolute atomic E-state index is 10.4. The van der Waals surface area contributed by atoms with Crippen molar-refractivity contribution in [2.24, 2.45) is 0 Å². The molecule has 1 aromatic carbocycles. The van der Waals surface area contributed by atoms with Crippen LogP contribution in [0.1, 0.15) is 29.7 Å². The molecule has 2 heterocycles. The van der Waals surface area contributed by atoms with E-state index in [1.165, 1.54) is 16.7 Å². The molecule has 0 aliphatic carbocycles. The predicted octanol–water partition coefficient (Wildman–Crippen LogP) is 4.95. The zero-order valence-electron chi connectivity index (χ0n) is 13.6. The molecule has 2 atom stereocenters. The molecule has 0 bridgehead atoms. The molecule has 0 fully saturated rings. The maximum atomic E-state index is 10.4. The van der Waals surface area contributed by atoms with E-state index >= 15 is 0 Å². The third-order valence-electron chi connectivity index (χ3n) is 4.03. The molecule has 2 N–H and O–H groups in total. The summed E-state index contributed by atoms with van der Waals surface area (Å²) >= 11 is 3.42. The highest BCUT2D eigenvalue weighted by Gasteiger charge is 2.15. The Morgan fingerprint density at radius 3 is 2.21 bits per heavy atom. The summed E-state index contributed by atoms with van der Waals surface area (Å²) in [6, 6.07) is 14.1. The van der Waals surface area contributed by atoms with Crippen LogP contribution in [0.15, 0.2) is 70.1 Å². The van der Waals surface area contributed by atoms with E-state index in [4.69, 9.17) is 0 Å². The van der Waals surface area contributed by atoms with Crippen LogP contribution >= 0.6 is 22.7 Å². The Morgan fingerprint density at radius 1 is 1.04 bits per heavy atom. The lowest BCUT2D eigenvalue weighted by Gasteiger charge is -2.20. The van der Waals surface area contributed by atoms with E-state index in [1.54, 1.807) is 22.7 Å². The van der Waals surface area contributed by atoms with Crippen LogP contribution in [-0.4, -0.2) is 17.7 Å². The minimum atomic E-state index is -0.509. The van der Waals surface area contributed by atoms with Crippen LogP contribution in [-0.2, 0) is 0 Å². The highest BCUT2D eigenvalue weighted by molar-refractivity contribution is 7.08. The molecule has 2 nitrogen and oxygen atoms in total. The van der Waals surface area contributed by atoms with Gasteiger partial charge in [0.25, 0.3) is 0 Å². The Bertz CT molecular complexity index is 712. The first kappa shape index (κ1) is 17.1. The van der Waals surface area contributed by atoms with Crippen LogP contribution in [0.2, 0.25) is 0 Å². The number of aliphatic hydroxyl groups excluding tert-OH is 1. The first-order valence-electron chi connectivity index (χ1n) is 7.97. The fourth-order valence-electron chi connectivity index (χ4n) is 2.64. The van der Waals surface area contributed by atoms with Gasteiger partial charge in [-0.15, -0.1) is 0 Å². The zero-order valence-corrected chi connectivity index (χ0v) is 15.2. The molecule has 0 radical (unpaired) electrons. The van der Waals surface area contributed by atoms with Crippen molar-refractivity contribution in [2.75, 3.05) is 6.54 Å². The predicted molar refractivity (Wildman–Crippen MR) is 105 cm³/mol. The first-order valence-corrected chi connectivity index (χ1v) is 9.86. The second kappa shape index (κ2) is 8.40. The lowest BCUT2D eigenvalue weighted by Crippen LogP contribution is -2.32.